The number of rotatable bonds is 4. The van der Waals surface area contributed by atoms with Crippen LogP contribution in [-0.4, -0.2) is 41.6 Å². The van der Waals surface area contributed by atoms with E-state index < -0.39 is 17.9 Å². The van der Waals surface area contributed by atoms with Gasteiger partial charge < -0.3 is 20.0 Å². The normalized spacial score (nSPS) is 20.7. The van der Waals surface area contributed by atoms with Crippen LogP contribution in [0.25, 0.3) is 11.1 Å². The Morgan fingerprint density at radius 1 is 1.27 bits per heavy atom. The molecule has 2 aromatic rings. The second-order valence-electron chi connectivity index (χ2n) is 7.85. The zero-order valence-electron chi connectivity index (χ0n) is 16.2. The SMILES string of the molecule is O=C(CC1CCN(C2=CCC(C(F)(F)F)CN2)CC1)Nc1ccc2[nH]c(=O)oc2c1. The highest BCUT2D eigenvalue weighted by Gasteiger charge is 2.40. The van der Waals surface area contributed by atoms with Gasteiger partial charge in [0.2, 0.25) is 5.91 Å². The van der Waals surface area contributed by atoms with Crippen LogP contribution < -0.4 is 16.4 Å². The molecule has 162 valence electrons. The molecule has 2 aliphatic heterocycles. The molecule has 3 heterocycles. The molecule has 0 bridgehead atoms. The fourth-order valence-corrected chi connectivity index (χ4v) is 4.00. The van der Waals surface area contributed by atoms with Crippen molar-refractivity contribution in [1.29, 1.82) is 0 Å². The average molecular weight is 424 g/mol. The van der Waals surface area contributed by atoms with Crippen LogP contribution in [0.2, 0.25) is 0 Å². The summed E-state index contributed by atoms with van der Waals surface area (Å²) >= 11 is 0. The third kappa shape index (κ3) is 4.63. The number of hydrogen-bond donors (Lipinski definition) is 3. The van der Waals surface area contributed by atoms with Gasteiger partial charge in [-0.3, -0.25) is 9.78 Å². The zero-order valence-corrected chi connectivity index (χ0v) is 16.2. The van der Waals surface area contributed by atoms with E-state index in [2.05, 4.69) is 20.5 Å². The number of halogens is 3. The number of fused-ring (bicyclic) bond motifs is 1. The van der Waals surface area contributed by atoms with Crippen LogP contribution in [0.4, 0.5) is 18.9 Å². The van der Waals surface area contributed by atoms with Gasteiger partial charge in [-0.2, -0.15) is 13.2 Å². The topological polar surface area (TPSA) is 90.4 Å². The molecular formula is C20H23F3N4O3. The van der Waals surface area contributed by atoms with E-state index >= 15 is 0 Å². The van der Waals surface area contributed by atoms with Crippen molar-refractivity contribution < 1.29 is 22.4 Å². The number of anilines is 1. The largest absolute Gasteiger partial charge is 0.417 e. The average Bonchev–Trinajstić information content (AvgIpc) is 3.07. The number of likely N-dealkylation sites (tertiary alicyclic amines) is 1. The summed E-state index contributed by atoms with van der Waals surface area (Å²) in [5.41, 5.74) is 1.51. The Kier molecular flexibility index (Phi) is 5.48. The molecule has 1 unspecified atom stereocenters. The summed E-state index contributed by atoms with van der Waals surface area (Å²) in [4.78, 5) is 28.2. The predicted molar refractivity (Wildman–Crippen MR) is 105 cm³/mol. The smallest absolute Gasteiger partial charge is 0.408 e. The molecule has 7 nitrogen and oxygen atoms in total. The molecule has 0 radical (unpaired) electrons. The van der Waals surface area contributed by atoms with Crippen molar-refractivity contribution in [2.45, 2.75) is 31.9 Å². The van der Waals surface area contributed by atoms with Gasteiger partial charge >= 0.3 is 11.9 Å². The number of nitrogens with one attached hydrogen (secondary N) is 3. The summed E-state index contributed by atoms with van der Waals surface area (Å²) in [6, 6.07) is 4.97. The molecule has 2 aliphatic rings. The van der Waals surface area contributed by atoms with Crippen molar-refractivity contribution in [1.82, 2.24) is 15.2 Å². The molecule has 4 rings (SSSR count). The Morgan fingerprint density at radius 3 is 2.70 bits per heavy atom. The molecule has 0 aliphatic carbocycles. The number of allylic oxidation sites excluding steroid dienone is 1. The van der Waals surface area contributed by atoms with Gasteiger partial charge in [-0.15, -0.1) is 0 Å². The highest BCUT2D eigenvalue weighted by atomic mass is 19.4. The lowest BCUT2D eigenvalue weighted by atomic mass is 9.92. The van der Waals surface area contributed by atoms with Crippen LogP contribution in [0, 0.1) is 11.8 Å². The van der Waals surface area contributed by atoms with E-state index in [-0.39, 0.29) is 24.8 Å². The number of hydrogen-bond acceptors (Lipinski definition) is 5. The molecule has 0 saturated carbocycles. The van der Waals surface area contributed by atoms with Gasteiger partial charge in [-0.1, -0.05) is 0 Å². The second kappa shape index (κ2) is 8.08. The minimum Gasteiger partial charge on any atom is -0.408 e. The standard InChI is InChI=1S/C20H23F3N4O3/c21-20(22,23)13-1-4-17(24-11-13)27-7-5-12(6-8-27)9-18(28)25-14-2-3-15-16(10-14)30-19(29)26-15/h2-4,10,12-13,24H,1,5-9,11H2,(H,25,28)(H,26,29). The van der Waals surface area contributed by atoms with Crippen molar-refractivity contribution in [2.75, 3.05) is 25.0 Å². The molecule has 1 aromatic carbocycles. The number of alkyl halides is 3. The van der Waals surface area contributed by atoms with E-state index in [0.29, 0.717) is 36.3 Å². The van der Waals surface area contributed by atoms with Gasteiger partial charge in [0, 0.05) is 37.8 Å². The Hall–Kier alpha value is -2.91. The van der Waals surface area contributed by atoms with Gasteiger partial charge in [-0.25, -0.2) is 4.79 Å². The Bertz CT molecular complexity index is 1000. The molecule has 10 heteroatoms. The predicted octanol–water partition coefficient (Wildman–Crippen LogP) is 3.17. The van der Waals surface area contributed by atoms with Crippen LogP contribution in [0.1, 0.15) is 25.7 Å². The Labute approximate surface area is 170 Å². The van der Waals surface area contributed by atoms with Crippen molar-refractivity contribution in [3.05, 3.63) is 40.6 Å². The molecule has 3 N–H and O–H groups in total. The van der Waals surface area contributed by atoms with Gasteiger partial charge in [0.1, 0.15) is 0 Å². The number of H-pyrrole nitrogens is 1. The number of nitrogens with zero attached hydrogens (tertiary/aromatic N) is 1. The van der Waals surface area contributed by atoms with E-state index in [1.807, 2.05) is 0 Å². The Balaban J connectivity index is 1.25. The second-order valence-corrected chi connectivity index (χ2v) is 7.85. The number of benzene rings is 1. The monoisotopic (exact) mass is 424 g/mol. The third-order valence-corrected chi connectivity index (χ3v) is 5.72. The van der Waals surface area contributed by atoms with E-state index in [1.165, 1.54) is 0 Å². The number of carbonyl (C=O) groups is 1. The summed E-state index contributed by atoms with van der Waals surface area (Å²) in [5, 5.41) is 5.73. The molecule has 1 fully saturated rings. The first-order chi connectivity index (χ1) is 14.3. The number of aromatic nitrogens is 1. The van der Waals surface area contributed by atoms with Gasteiger partial charge in [0.15, 0.2) is 5.58 Å². The minimum absolute atomic E-state index is 0.000221. The van der Waals surface area contributed by atoms with Crippen molar-refractivity contribution >= 4 is 22.7 Å². The van der Waals surface area contributed by atoms with E-state index in [9.17, 15) is 22.8 Å². The van der Waals surface area contributed by atoms with Crippen LogP contribution in [0.5, 0.6) is 0 Å². The number of piperidine rings is 1. The van der Waals surface area contributed by atoms with Crippen molar-refractivity contribution in [3.63, 3.8) is 0 Å². The fourth-order valence-electron chi connectivity index (χ4n) is 4.00. The molecule has 0 spiro atoms. The molecule has 1 amide bonds. The van der Waals surface area contributed by atoms with Gasteiger partial charge in [0.25, 0.3) is 0 Å². The molecular weight excluding hydrogens is 401 g/mol. The van der Waals surface area contributed by atoms with Gasteiger partial charge in [-0.05, 0) is 43.4 Å². The molecule has 30 heavy (non-hydrogen) atoms. The molecule has 1 atom stereocenters. The maximum absolute atomic E-state index is 12.8. The van der Waals surface area contributed by atoms with Crippen molar-refractivity contribution in [2.24, 2.45) is 11.8 Å². The van der Waals surface area contributed by atoms with Gasteiger partial charge in [0.05, 0.1) is 17.3 Å². The number of aromatic amines is 1. The highest BCUT2D eigenvalue weighted by molar-refractivity contribution is 5.92. The fraction of sp³-hybridized carbons (Fsp3) is 0.500. The third-order valence-electron chi connectivity index (χ3n) is 5.72. The van der Waals surface area contributed by atoms with E-state index in [0.717, 1.165) is 18.7 Å². The minimum atomic E-state index is -4.17. The van der Waals surface area contributed by atoms with Crippen LogP contribution in [0.15, 0.2) is 39.3 Å². The van der Waals surface area contributed by atoms with Crippen LogP contribution in [-0.2, 0) is 4.79 Å². The van der Waals surface area contributed by atoms with E-state index in [4.69, 9.17) is 4.42 Å². The van der Waals surface area contributed by atoms with Crippen molar-refractivity contribution in [3.8, 4) is 0 Å². The first-order valence-corrected chi connectivity index (χ1v) is 9.96. The highest BCUT2D eigenvalue weighted by Crippen LogP contribution is 2.32. The summed E-state index contributed by atoms with van der Waals surface area (Å²) in [6.07, 6.45) is -0.594. The molecule has 1 saturated heterocycles. The first kappa shape index (κ1) is 20.4. The molecule has 1 aromatic heterocycles. The number of oxazole rings is 1. The lowest BCUT2D eigenvalue weighted by molar-refractivity contribution is -0.173. The number of amides is 1. The summed E-state index contributed by atoms with van der Waals surface area (Å²) in [7, 11) is 0. The lowest BCUT2D eigenvalue weighted by Crippen LogP contribution is -2.44. The summed E-state index contributed by atoms with van der Waals surface area (Å²) in [5.74, 6) is -1.02. The summed E-state index contributed by atoms with van der Waals surface area (Å²) < 4.78 is 43.3. The Morgan fingerprint density at radius 2 is 2.03 bits per heavy atom. The number of carbonyl (C=O) groups excluding carboxylic acids is 1. The van der Waals surface area contributed by atoms with Crippen LogP contribution >= 0.6 is 0 Å². The van der Waals surface area contributed by atoms with Crippen LogP contribution in [0.3, 0.4) is 0 Å². The maximum Gasteiger partial charge on any atom is 0.417 e. The maximum atomic E-state index is 12.8. The quantitative estimate of drug-likeness (QED) is 0.702. The lowest BCUT2D eigenvalue weighted by Gasteiger charge is -2.37. The van der Waals surface area contributed by atoms with E-state index in [1.54, 1.807) is 24.3 Å². The summed E-state index contributed by atoms with van der Waals surface area (Å²) in [6.45, 7) is 1.31. The zero-order chi connectivity index (χ0) is 21.3. The first-order valence-electron chi connectivity index (χ1n) is 9.96.